The third kappa shape index (κ3) is 14.7. The molecule has 0 aliphatic rings. The fourth-order valence-electron chi connectivity index (χ4n) is 1.99. The van der Waals surface area contributed by atoms with Crippen molar-refractivity contribution in [2.75, 3.05) is 0 Å². The van der Waals surface area contributed by atoms with E-state index in [1.807, 2.05) is 0 Å². The summed E-state index contributed by atoms with van der Waals surface area (Å²) in [4.78, 5) is 33.2. The maximum atomic E-state index is 11.6. The lowest BCUT2D eigenvalue weighted by Crippen LogP contribution is -1.98. The van der Waals surface area contributed by atoms with Gasteiger partial charge in [-0.15, -0.1) is 0 Å². The van der Waals surface area contributed by atoms with E-state index in [2.05, 4.69) is 6.92 Å². The SMILES string of the molecule is CCCCCCCCC(=O)/C=C/C=C/C(=O)CCCC(=O)O. The summed E-state index contributed by atoms with van der Waals surface area (Å²) in [6.45, 7) is 2.18. The largest absolute Gasteiger partial charge is 0.481 e. The van der Waals surface area contributed by atoms with Crippen LogP contribution in [0, 0.1) is 0 Å². The molecule has 4 nitrogen and oxygen atoms in total. The maximum Gasteiger partial charge on any atom is 0.303 e. The molecule has 0 radical (unpaired) electrons. The number of carbonyl (C=O) groups excluding carboxylic acids is 2. The predicted molar refractivity (Wildman–Crippen MR) is 87.8 cm³/mol. The quantitative estimate of drug-likeness (QED) is 0.296. The summed E-state index contributed by atoms with van der Waals surface area (Å²) < 4.78 is 0. The first-order valence-electron chi connectivity index (χ1n) is 8.18. The number of allylic oxidation sites excluding steroid dienone is 4. The van der Waals surface area contributed by atoms with Crippen molar-refractivity contribution in [2.24, 2.45) is 0 Å². The Balaban J connectivity index is 3.68. The van der Waals surface area contributed by atoms with Gasteiger partial charge >= 0.3 is 5.97 Å². The van der Waals surface area contributed by atoms with Crippen LogP contribution in [0.2, 0.25) is 0 Å². The van der Waals surface area contributed by atoms with E-state index in [1.54, 1.807) is 12.2 Å². The average molecular weight is 308 g/mol. The first kappa shape index (κ1) is 20.3. The highest BCUT2D eigenvalue weighted by Crippen LogP contribution is 2.07. The highest BCUT2D eigenvalue weighted by atomic mass is 16.4. The number of hydrogen-bond donors (Lipinski definition) is 1. The average Bonchev–Trinajstić information content (AvgIpc) is 2.47. The van der Waals surface area contributed by atoms with Gasteiger partial charge in [0.2, 0.25) is 0 Å². The summed E-state index contributed by atoms with van der Waals surface area (Å²) in [6, 6.07) is 0. The van der Waals surface area contributed by atoms with Crippen LogP contribution < -0.4 is 0 Å². The Bertz CT molecular complexity index is 394. The Labute approximate surface area is 133 Å². The van der Waals surface area contributed by atoms with Gasteiger partial charge in [0.1, 0.15) is 0 Å². The number of ketones is 2. The second-order valence-corrected chi connectivity index (χ2v) is 5.42. The Morgan fingerprint density at radius 1 is 0.727 bits per heavy atom. The van der Waals surface area contributed by atoms with Gasteiger partial charge in [-0.3, -0.25) is 14.4 Å². The van der Waals surface area contributed by atoms with E-state index in [4.69, 9.17) is 5.11 Å². The normalized spacial score (nSPS) is 11.3. The van der Waals surface area contributed by atoms with Gasteiger partial charge in [-0.05, 0) is 25.0 Å². The molecule has 0 aromatic carbocycles. The number of carboxylic acids is 1. The molecule has 124 valence electrons. The molecule has 0 atom stereocenters. The molecule has 0 aliphatic carbocycles. The molecule has 1 N–H and O–H groups in total. The Kier molecular flexibility index (Phi) is 13.1. The summed E-state index contributed by atoms with van der Waals surface area (Å²) >= 11 is 0. The lowest BCUT2D eigenvalue weighted by atomic mass is 10.1. The molecule has 0 aromatic heterocycles. The monoisotopic (exact) mass is 308 g/mol. The minimum Gasteiger partial charge on any atom is -0.481 e. The van der Waals surface area contributed by atoms with Crippen molar-refractivity contribution in [3.8, 4) is 0 Å². The first-order valence-corrected chi connectivity index (χ1v) is 8.18. The lowest BCUT2D eigenvalue weighted by Gasteiger charge is -1.98. The van der Waals surface area contributed by atoms with Gasteiger partial charge in [0.25, 0.3) is 0 Å². The molecule has 0 saturated heterocycles. The van der Waals surface area contributed by atoms with Crippen molar-refractivity contribution < 1.29 is 19.5 Å². The van der Waals surface area contributed by atoms with Crippen molar-refractivity contribution in [1.82, 2.24) is 0 Å². The van der Waals surface area contributed by atoms with Crippen molar-refractivity contribution >= 4 is 17.5 Å². The van der Waals surface area contributed by atoms with Gasteiger partial charge < -0.3 is 5.11 Å². The van der Waals surface area contributed by atoms with Crippen LogP contribution in [-0.2, 0) is 14.4 Å². The molecule has 0 heterocycles. The van der Waals surface area contributed by atoms with Crippen LogP contribution in [0.5, 0.6) is 0 Å². The molecular weight excluding hydrogens is 280 g/mol. The van der Waals surface area contributed by atoms with E-state index < -0.39 is 5.97 Å². The Morgan fingerprint density at radius 3 is 1.77 bits per heavy atom. The zero-order chi connectivity index (χ0) is 16.6. The van der Waals surface area contributed by atoms with Crippen molar-refractivity contribution in [2.45, 2.75) is 71.1 Å². The molecule has 22 heavy (non-hydrogen) atoms. The molecule has 4 heteroatoms. The fraction of sp³-hybridized carbons (Fsp3) is 0.611. The predicted octanol–water partition coefficient (Wildman–Crippen LogP) is 4.24. The third-order valence-electron chi connectivity index (χ3n) is 3.27. The molecule has 0 aromatic rings. The zero-order valence-electron chi connectivity index (χ0n) is 13.6. The molecule has 0 saturated carbocycles. The fourth-order valence-corrected chi connectivity index (χ4v) is 1.99. The summed E-state index contributed by atoms with van der Waals surface area (Å²) in [5.41, 5.74) is 0. The van der Waals surface area contributed by atoms with Crippen LogP contribution in [0.25, 0.3) is 0 Å². The van der Waals surface area contributed by atoms with E-state index in [1.165, 1.54) is 37.8 Å². The smallest absolute Gasteiger partial charge is 0.303 e. The lowest BCUT2D eigenvalue weighted by molar-refractivity contribution is -0.137. The highest BCUT2D eigenvalue weighted by Gasteiger charge is 2.00. The highest BCUT2D eigenvalue weighted by molar-refractivity contribution is 5.91. The Hall–Kier alpha value is -1.71. The minimum absolute atomic E-state index is 0.00611. The summed E-state index contributed by atoms with van der Waals surface area (Å²) in [5, 5.41) is 8.45. The van der Waals surface area contributed by atoms with Gasteiger partial charge in [0, 0.05) is 19.3 Å². The number of unbranched alkanes of at least 4 members (excludes halogenated alkanes) is 5. The first-order chi connectivity index (χ1) is 10.6. The van der Waals surface area contributed by atoms with Gasteiger partial charge in [-0.1, -0.05) is 51.2 Å². The van der Waals surface area contributed by atoms with E-state index in [0.29, 0.717) is 12.8 Å². The summed E-state index contributed by atoms with van der Waals surface area (Å²) in [6.07, 6.45) is 14.1. The molecule has 0 spiro atoms. The number of carbonyl (C=O) groups is 3. The number of rotatable bonds is 14. The van der Waals surface area contributed by atoms with Crippen molar-refractivity contribution in [3.05, 3.63) is 24.3 Å². The van der Waals surface area contributed by atoms with E-state index >= 15 is 0 Å². The standard InChI is InChI=1S/C18H28O4/c1-2-3-4-5-6-7-11-16(19)12-8-9-13-17(20)14-10-15-18(21)22/h8-9,12-13H,2-7,10-11,14-15H2,1H3,(H,21,22)/b12-8+,13-9+. The van der Waals surface area contributed by atoms with Crippen LogP contribution >= 0.6 is 0 Å². The zero-order valence-corrected chi connectivity index (χ0v) is 13.6. The summed E-state index contributed by atoms with van der Waals surface area (Å²) in [5.74, 6) is -0.926. The number of carboxylic acid groups (broad SMARTS) is 1. The van der Waals surface area contributed by atoms with Crippen LogP contribution in [0.3, 0.4) is 0 Å². The van der Waals surface area contributed by atoms with Gasteiger partial charge in [0.15, 0.2) is 11.6 Å². The van der Waals surface area contributed by atoms with Crippen molar-refractivity contribution in [1.29, 1.82) is 0 Å². The molecule has 0 rings (SSSR count). The van der Waals surface area contributed by atoms with Crippen molar-refractivity contribution in [3.63, 3.8) is 0 Å². The molecule has 0 bridgehead atoms. The van der Waals surface area contributed by atoms with Gasteiger partial charge in [-0.2, -0.15) is 0 Å². The molecular formula is C18H28O4. The van der Waals surface area contributed by atoms with Gasteiger partial charge in [0.05, 0.1) is 0 Å². The molecule has 0 unspecified atom stereocenters. The maximum absolute atomic E-state index is 11.6. The third-order valence-corrected chi connectivity index (χ3v) is 3.27. The molecule has 0 fully saturated rings. The number of aliphatic carboxylic acids is 1. The summed E-state index contributed by atoms with van der Waals surface area (Å²) in [7, 11) is 0. The van der Waals surface area contributed by atoms with Crippen LogP contribution in [0.1, 0.15) is 71.1 Å². The van der Waals surface area contributed by atoms with E-state index in [-0.39, 0.29) is 24.4 Å². The number of hydrogen-bond acceptors (Lipinski definition) is 3. The second-order valence-electron chi connectivity index (χ2n) is 5.42. The molecule has 0 amide bonds. The molecule has 0 aliphatic heterocycles. The van der Waals surface area contributed by atoms with E-state index in [9.17, 15) is 14.4 Å². The Morgan fingerprint density at radius 2 is 1.23 bits per heavy atom. The minimum atomic E-state index is -0.892. The van der Waals surface area contributed by atoms with Crippen LogP contribution in [-0.4, -0.2) is 22.6 Å². The van der Waals surface area contributed by atoms with Gasteiger partial charge in [-0.25, -0.2) is 0 Å². The van der Waals surface area contributed by atoms with Crippen LogP contribution in [0.4, 0.5) is 0 Å². The van der Waals surface area contributed by atoms with E-state index in [0.717, 1.165) is 12.8 Å². The topological polar surface area (TPSA) is 71.4 Å². The second kappa shape index (κ2) is 14.2. The van der Waals surface area contributed by atoms with Crippen LogP contribution in [0.15, 0.2) is 24.3 Å².